The number of halogens is 2. The fourth-order valence-corrected chi connectivity index (χ4v) is 2.44. The lowest BCUT2D eigenvalue weighted by molar-refractivity contribution is 0.103. The van der Waals surface area contributed by atoms with Gasteiger partial charge in [-0.25, -0.2) is 4.39 Å². The third-order valence-electron chi connectivity index (χ3n) is 2.92. The number of carbonyl (C=O) groups is 1. The molecular formula is C16H14BrFO. The molecule has 0 fully saturated rings. The van der Waals surface area contributed by atoms with Crippen LogP contribution >= 0.6 is 15.9 Å². The summed E-state index contributed by atoms with van der Waals surface area (Å²) in [4.78, 5) is 12.4. The van der Waals surface area contributed by atoms with Gasteiger partial charge in [0.25, 0.3) is 0 Å². The summed E-state index contributed by atoms with van der Waals surface area (Å²) in [5.41, 5.74) is 2.08. The molecule has 0 atom stereocenters. The Morgan fingerprint density at radius 2 is 1.95 bits per heavy atom. The SMILES string of the molecule is CCCc1cccc(C(=O)c2cccc(F)c2Br)c1. The molecule has 0 aliphatic heterocycles. The van der Waals surface area contributed by atoms with Crippen molar-refractivity contribution in [1.29, 1.82) is 0 Å². The average molecular weight is 321 g/mol. The van der Waals surface area contributed by atoms with Gasteiger partial charge in [-0.2, -0.15) is 0 Å². The number of hydrogen-bond acceptors (Lipinski definition) is 1. The Morgan fingerprint density at radius 3 is 2.68 bits per heavy atom. The molecule has 0 amide bonds. The van der Waals surface area contributed by atoms with Crippen LogP contribution in [0.25, 0.3) is 0 Å². The van der Waals surface area contributed by atoms with Crippen molar-refractivity contribution in [3.63, 3.8) is 0 Å². The van der Waals surface area contributed by atoms with Crippen LogP contribution in [0.3, 0.4) is 0 Å². The van der Waals surface area contributed by atoms with Gasteiger partial charge in [0.2, 0.25) is 0 Å². The molecule has 2 aromatic rings. The molecule has 0 saturated carbocycles. The number of rotatable bonds is 4. The second-order valence-electron chi connectivity index (χ2n) is 4.38. The maximum Gasteiger partial charge on any atom is 0.194 e. The summed E-state index contributed by atoms with van der Waals surface area (Å²) < 4.78 is 13.7. The molecule has 2 aromatic carbocycles. The topological polar surface area (TPSA) is 17.1 Å². The molecule has 19 heavy (non-hydrogen) atoms. The highest BCUT2D eigenvalue weighted by Crippen LogP contribution is 2.23. The Kier molecular flexibility index (Phi) is 4.48. The fourth-order valence-electron chi connectivity index (χ4n) is 1.99. The first-order valence-electron chi connectivity index (χ1n) is 6.21. The van der Waals surface area contributed by atoms with Gasteiger partial charge in [0.15, 0.2) is 5.78 Å². The first-order chi connectivity index (χ1) is 9.13. The maximum atomic E-state index is 13.5. The molecule has 0 spiro atoms. The smallest absolute Gasteiger partial charge is 0.194 e. The highest BCUT2D eigenvalue weighted by atomic mass is 79.9. The van der Waals surface area contributed by atoms with E-state index in [0.717, 1.165) is 18.4 Å². The van der Waals surface area contributed by atoms with Gasteiger partial charge in [-0.15, -0.1) is 0 Å². The predicted octanol–water partition coefficient (Wildman–Crippen LogP) is 4.77. The lowest BCUT2D eigenvalue weighted by Gasteiger charge is -2.06. The first-order valence-corrected chi connectivity index (χ1v) is 7.00. The summed E-state index contributed by atoms with van der Waals surface area (Å²) >= 11 is 3.13. The largest absolute Gasteiger partial charge is 0.289 e. The van der Waals surface area contributed by atoms with Crippen molar-refractivity contribution in [3.05, 3.63) is 69.4 Å². The monoisotopic (exact) mass is 320 g/mol. The van der Waals surface area contributed by atoms with E-state index in [1.165, 1.54) is 6.07 Å². The van der Waals surface area contributed by atoms with Gasteiger partial charge in [-0.1, -0.05) is 37.6 Å². The van der Waals surface area contributed by atoms with Crippen LogP contribution in [0.2, 0.25) is 0 Å². The zero-order chi connectivity index (χ0) is 13.8. The van der Waals surface area contributed by atoms with Crippen molar-refractivity contribution in [2.45, 2.75) is 19.8 Å². The zero-order valence-corrected chi connectivity index (χ0v) is 12.2. The molecule has 0 bridgehead atoms. The number of ketones is 1. The van der Waals surface area contributed by atoms with Crippen LogP contribution in [-0.4, -0.2) is 5.78 Å². The Labute approximate surface area is 120 Å². The van der Waals surface area contributed by atoms with E-state index in [-0.39, 0.29) is 10.3 Å². The minimum absolute atomic E-state index is 0.163. The third kappa shape index (κ3) is 3.10. The van der Waals surface area contributed by atoms with Crippen LogP contribution < -0.4 is 0 Å². The van der Waals surface area contributed by atoms with E-state index >= 15 is 0 Å². The summed E-state index contributed by atoms with van der Waals surface area (Å²) in [6.45, 7) is 2.09. The quantitative estimate of drug-likeness (QED) is 0.741. The number of carbonyl (C=O) groups excluding carboxylic acids is 1. The zero-order valence-electron chi connectivity index (χ0n) is 10.6. The van der Waals surface area contributed by atoms with E-state index in [1.807, 2.05) is 18.2 Å². The normalized spacial score (nSPS) is 10.5. The van der Waals surface area contributed by atoms with Crippen LogP contribution in [-0.2, 0) is 6.42 Å². The Bertz CT molecular complexity index is 607. The van der Waals surface area contributed by atoms with E-state index in [0.29, 0.717) is 11.1 Å². The summed E-state index contributed by atoms with van der Waals surface area (Å²) in [5, 5.41) is 0. The van der Waals surface area contributed by atoms with E-state index in [9.17, 15) is 9.18 Å². The second-order valence-corrected chi connectivity index (χ2v) is 5.17. The summed E-state index contributed by atoms with van der Waals surface area (Å²) in [7, 11) is 0. The molecule has 0 aliphatic carbocycles. The Hall–Kier alpha value is -1.48. The van der Waals surface area contributed by atoms with Crippen LogP contribution in [0.1, 0.15) is 34.8 Å². The van der Waals surface area contributed by atoms with Crippen molar-refractivity contribution < 1.29 is 9.18 Å². The molecule has 0 heterocycles. The third-order valence-corrected chi connectivity index (χ3v) is 3.73. The second kappa shape index (κ2) is 6.11. The van der Waals surface area contributed by atoms with E-state index < -0.39 is 5.82 Å². The standard InChI is InChI=1S/C16H14BrFO/c1-2-5-11-6-3-7-12(10-11)16(19)13-8-4-9-14(18)15(13)17/h3-4,6-10H,2,5H2,1H3. The van der Waals surface area contributed by atoms with E-state index in [4.69, 9.17) is 0 Å². The number of hydrogen-bond donors (Lipinski definition) is 0. The lowest BCUT2D eigenvalue weighted by Crippen LogP contribution is -2.04. The van der Waals surface area contributed by atoms with Crippen molar-refractivity contribution in [3.8, 4) is 0 Å². The van der Waals surface area contributed by atoms with Crippen molar-refractivity contribution in [2.75, 3.05) is 0 Å². The summed E-state index contributed by atoms with van der Waals surface area (Å²) in [6, 6.07) is 12.0. The Balaban J connectivity index is 2.38. The average Bonchev–Trinajstić information content (AvgIpc) is 2.42. The molecule has 98 valence electrons. The number of benzene rings is 2. The summed E-state index contributed by atoms with van der Waals surface area (Å²) in [6.07, 6.45) is 1.97. The van der Waals surface area contributed by atoms with Gasteiger partial charge in [0.1, 0.15) is 5.82 Å². The van der Waals surface area contributed by atoms with Gasteiger partial charge >= 0.3 is 0 Å². The van der Waals surface area contributed by atoms with E-state index in [1.54, 1.807) is 18.2 Å². The molecule has 0 radical (unpaired) electrons. The predicted molar refractivity (Wildman–Crippen MR) is 78.0 cm³/mol. The van der Waals surface area contributed by atoms with Crippen molar-refractivity contribution >= 4 is 21.7 Å². The molecule has 2 rings (SSSR count). The van der Waals surface area contributed by atoms with Crippen molar-refractivity contribution in [2.24, 2.45) is 0 Å². The minimum Gasteiger partial charge on any atom is -0.289 e. The minimum atomic E-state index is -0.421. The van der Waals surface area contributed by atoms with Gasteiger partial charge in [-0.05, 0) is 46.1 Å². The highest BCUT2D eigenvalue weighted by molar-refractivity contribution is 9.10. The molecule has 0 aliphatic rings. The molecule has 0 saturated heterocycles. The van der Waals surface area contributed by atoms with E-state index in [2.05, 4.69) is 22.9 Å². The molecule has 0 aromatic heterocycles. The number of aryl methyl sites for hydroxylation is 1. The molecule has 3 heteroatoms. The van der Waals surface area contributed by atoms with Crippen LogP contribution in [0.4, 0.5) is 4.39 Å². The summed E-state index contributed by atoms with van der Waals surface area (Å²) in [5.74, 6) is -0.583. The maximum absolute atomic E-state index is 13.5. The first kappa shape index (κ1) is 13.9. The fraction of sp³-hybridized carbons (Fsp3) is 0.188. The van der Waals surface area contributed by atoms with Crippen molar-refractivity contribution in [1.82, 2.24) is 0 Å². The van der Waals surface area contributed by atoms with Crippen LogP contribution in [0.15, 0.2) is 46.9 Å². The van der Waals surface area contributed by atoms with Crippen LogP contribution in [0.5, 0.6) is 0 Å². The lowest BCUT2D eigenvalue weighted by atomic mass is 10.00. The molecule has 1 nitrogen and oxygen atoms in total. The molecule has 0 N–H and O–H groups in total. The van der Waals surface area contributed by atoms with Gasteiger partial charge < -0.3 is 0 Å². The van der Waals surface area contributed by atoms with Gasteiger partial charge in [0.05, 0.1) is 4.47 Å². The molecule has 0 unspecified atom stereocenters. The van der Waals surface area contributed by atoms with Gasteiger partial charge in [0, 0.05) is 11.1 Å². The Morgan fingerprint density at radius 1 is 1.21 bits per heavy atom. The highest BCUT2D eigenvalue weighted by Gasteiger charge is 2.15. The van der Waals surface area contributed by atoms with Gasteiger partial charge in [-0.3, -0.25) is 4.79 Å². The molecular weight excluding hydrogens is 307 g/mol. The van der Waals surface area contributed by atoms with Crippen LogP contribution in [0, 0.1) is 5.82 Å².